The molecule has 3 rings (SSSR count). The van der Waals surface area contributed by atoms with Crippen molar-refractivity contribution >= 4 is 34.3 Å². The third-order valence-electron chi connectivity index (χ3n) is 4.58. The number of nitrogens with zero attached hydrogens (tertiary/aromatic N) is 1. The number of methoxy groups -OCH3 is 1. The van der Waals surface area contributed by atoms with Crippen molar-refractivity contribution in [2.24, 2.45) is 0 Å². The molecule has 0 saturated carbocycles. The molecule has 0 fully saturated rings. The average Bonchev–Trinajstić information content (AvgIpc) is 3.31. The predicted molar refractivity (Wildman–Crippen MR) is 112 cm³/mol. The maximum absolute atomic E-state index is 12.8. The van der Waals surface area contributed by atoms with E-state index >= 15 is 0 Å². The molecule has 7 heteroatoms. The third kappa shape index (κ3) is 4.49. The zero-order valence-electron chi connectivity index (χ0n) is 16.4. The van der Waals surface area contributed by atoms with Gasteiger partial charge < -0.3 is 14.8 Å². The molecular weight excluding hydrogens is 388 g/mol. The van der Waals surface area contributed by atoms with Crippen molar-refractivity contribution in [3.05, 3.63) is 51.4 Å². The number of thiophene rings is 1. The number of anilines is 1. The molecule has 0 atom stereocenters. The van der Waals surface area contributed by atoms with Gasteiger partial charge in [0.25, 0.3) is 5.91 Å². The van der Waals surface area contributed by atoms with Crippen molar-refractivity contribution in [3.63, 3.8) is 0 Å². The molecule has 0 aliphatic heterocycles. The average molecular weight is 410 g/mol. The fourth-order valence-electron chi connectivity index (χ4n) is 3.23. The molecule has 1 aliphatic carbocycles. The van der Waals surface area contributed by atoms with Crippen LogP contribution in [0.4, 0.5) is 5.00 Å². The highest BCUT2D eigenvalue weighted by molar-refractivity contribution is 7.17. The van der Waals surface area contributed by atoms with E-state index in [4.69, 9.17) is 9.47 Å². The van der Waals surface area contributed by atoms with E-state index in [1.54, 1.807) is 12.1 Å². The topological polar surface area (TPSA) is 88.4 Å². The van der Waals surface area contributed by atoms with E-state index in [1.807, 2.05) is 25.1 Å². The van der Waals surface area contributed by atoms with Gasteiger partial charge in [0.05, 0.1) is 19.3 Å². The second-order valence-corrected chi connectivity index (χ2v) is 7.67. The first-order chi connectivity index (χ1) is 14.1. The van der Waals surface area contributed by atoms with E-state index in [1.165, 1.54) is 24.5 Å². The molecule has 0 spiro atoms. The van der Waals surface area contributed by atoms with E-state index in [2.05, 4.69) is 5.32 Å². The van der Waals surface area contributed by atoms with E-state index in [0.29, 0.717) is 28.5 Å². The first-order valence-corrected chi connectivity index (χ1v) is 10.3. The Kier molecular flexibility index (Phi) is 6.68. The van der Waals surface area contributed by atoms with Crippen LogP contribution in [0.2, 0.25) is 0 Å². The Morgan fingerprint density at radius 2 is 2.10 bits per heavy atom. The molecule has 150 valence electrons. The third-order valence-corrected chi connectivity index (χ3v) is 5.79. The molecule has 1 amide bonds. The van der Waals surface area contributed by atoms with E-state index in [0.717, 1.165) is 36.1 Å². The van der Waals surface area contributed by atoms with Crippen molar-refractivity contribution < 1.29 is 19.1 Å². The number of amides is 1. The fraction of sp³-hybridized carbons (Fsp3) is 0.318. The summed E-state index contributed by atoms with van der Waals surface area (Å²) in [6.45, 7) is 2.55. The number of nitrogens with one attached hydrogen (secondary N) is 1. The van der Waals surface area contributed by atoms with Crippen molar-refractivity contribution in [1.82, 2.24) is 0 Å². The molecule has 1 aromatic carbocycles. The maximum atomic E-state index is 12.8. The van der Waals surface area contributed by atoms with Crippen LogP contribution in [0, 0.1) is 11.3 Å². The van der Waals surface area contributed by atoms with Gasteiger partial charge in [0.2, 0.25) is 0 Å². The van der Waals surface area contributed by atoms with Gasteiger partial charge in [0.15, 0.2) is 0 Å². The zero-order chi connectivity index (χ0) is 20.8. The number of carbonyl (C=O) groups excluding carboxylic acids is 2. The lowest BCUT2D eigenvalue weighted by atomic mass is 10.1. The molecule has 2 aromatic rings. The minimum Gasteiger partial charge on any atom is -0.493 e. The number of ether oxygens (including phenoxy) is 2. The number of aryl methyl sites for hydroxylation is 1. The van der Waals surface area contributed by atoms with Gasteiger partial charge in [-0.15, -0.1) is 11.3 Å². The summed E-state index contributed by atoms with van der Waals surface area (Å²) in [6, 6.07) is 9.19. The number of para-hydroxylation sites is 1. The lowest BCUT2D eigenvalue weighted by Gasteiger charge is -2.09. The number of rotatable bonds is 7. The van der Waals surface area contributed by atoms with Crippen LogP contribution in [0.1, 0.15) is 46.1 Å². The van der Waals surface area contributed by atoms with Gasteiger partial charge in [-0.25, -0.2) is 4.79 Å². The Hall–Kier alpha value is -3.11. The number of fused-ring (bicyclic) bond motifs is 1. The highest BCUT2D eigenvalue weighted by atomic mass is 32.1. The second kappa shape index (κ2) is 9.39. The summed E-state index contributed by atoms with van der Waals surface area (Å²) in [5, 5.41) is 12.7. The molecule has 6 nitrogen and oxygen atoms in total. The summed E-state index contributed by atoms with van der Waals surface area (Å²) in [5.74, 6) is -0.427. The Morgan fingerprint density at radius 3 is 2.83 bits per heavy atom. The van der Waals surface area contributed by atoms with E-state index in [-0.39, 0.29) is 5.57 Å². The lowest BCUT2D eigenvalue weighted by molar-refractivity contribution is -0.112. The number of esters is 1. The maximum Gasteiger partial charge on any atom is 0.341 e. The molecular formula is C22H22N2O4S. The molecule has 1 aromatic heterocycles. The first kappa shape index (κ1) is 20.6. The standard InChI is InChI=1S/C22H22N2O4S/c1-3-11-28-17-9-5-4-7-14(17)12-15(13-23)20(25)24-21-19(22(26)27-2)16-8-6-10-18(16)29-21/h4-5,7,9,12H,3,6,8,10-11H2,1-2H3,(H,24,25)/b15-12+. The Morgan fingerprint density at radius 1 is 1.31 bits per heavy atom. The van der Waals surface area contributed by atoms with E-state index < -0.39 is 11.9 Å². The predicted octanol–water partition coefficient (Wildman–Crippen LogP) is 4.36. The zero-order valence-corrected chi connectivity index (χ0v) is 17.2. The summed E-state index contributed by atoms with van der Waals surface area (Å²) in [6.07, 6.45) is 5.00. The van der Waals surface area contributed by atoms with Gasteiger partial charge in [-0.2, -0.15) is 5.26 Å². The minimum atomic E-state index is -0.567. The van der Waals surface area contributed by atoms with Gasteiger partial charge in [-0.05, 0) is 43.4 Å². The SMILES string of the molecule is CCCOc1ccccc1/C=C(\C#N)C(=O)Nc1sc2c(c1C(=O)OC)CCC2. The van der Waals surface area contributed by atoms with Crippen molar-refractivity contribution in [1.29, 1.82) is 5.26 Å². The van der Waals surface area contributed by atoms with Crippen LogP contribution >= 0.6 is 11.3 Å². The highest BCUT2D eigenvalue weighted by Crippen LogP contribution is 2.39. The number of nitriles is 1. The van der Waals surface area contributed by atoms with Crippen LogP contribution in [-0.2, 0) is 22.4 Å². The first-order valence-electron chi connectivity index (χ1n) is 9.46. The number of hydrogen-bond donors (Lipinski definition) is 1. The van der Waals surface area contributed by atoms with Crippen LogP contribution in [0.5, 0.6) is 5.75 Å². The number of hydrogen-bond acceptors (Lipinski definition) is 6. The summed E-state index contributed by atoms with van der Waals surface area (Å²) >= 11 is 1.37. The fourth-order valence-corrected chi connectivity index (χ4v) is 4.50. The molecule has 29 heavy (non-hydrogen) atoms. The van der Waals surface area contributed by atoms with Crippen LogP contribution < -0.4 is 10.1 Å². The summed E-state index contributed by atoms with van der Waals surface area (Å²) in [7, 11) is 1.32. The largest absolute Gasteiger partial charge is 0.493 e. The molecule has 1 N–H and O–H groups in total. The Labute approximate surface area is 173 Å². The lowest BCUT2D eigenvalue weighted by Crippen LogP contribution is -2.15. The van der Waals surface area contributed by atoms with Crippen LogP contribution in [0.3, 0.4) is 0 Å². The molecule has 0 bridgehead atoms. The quantitative estimate of drug-likeness (QED) is 0.416. The van der Waals surface area contributed by atoms with Crippen LogP contribution in [-0.4, -0.2) is 25.6 Å². The number of benzene rings is 1. The highest BCUT2D eigenvalue weighted by Gasteiger charge is 2.28. The summed E-state index contributed by atoms with van der Waals surface area (Å²) in [5.41, 5.74) is 1.93. The molecule has 1 heterocycles. The minimum absolute atomic E-state index is 0.0677. The number of carbonyl (C=O) groups is 2. The Balaban J connectivity index is 1.88. The second-order valence-electron chi connectivity index (χ2n) is 6.56. The van der Waals surface area contributed by atoms with Gasteiger partial charge in [-0.3, -0.25) is 4.79 Å². The van der Waals surface area contributed by atoms with Gasteiger partial charge in [-0.1, -0.05) is 25.1 Å². The summed E-state index contributed by atoms with van der Waals surface area (Å²) in [4.78, 5) is 26.1. The van der Waals surface area contributed by atoms with Gasteiger partial charge in [0.1, 0.15) is 22.4 Å². The molecule has 0 radical (unpaired) electrons. The van der Waals surface area contributed by atoms with Crippen molar-refractivity contribution in [3.8, 4) is 11.8 Å². The monoisotopic (exact) mass is 410 g/mol. The van der Waals surface area contributed by atoms with Gasteiger partial charge in [0, 0.05) is 10.4 Å². The molecule has 0 unspecified atom stereocenters. The van der Waals surface area contributed by atoms with Crippen molar-refractivity contribution in [2.45, 2.75) is 32.6 Å². The van der Waals surface area contributed by atoms with Crippen LogP contribution in [0.25, 0.3) is 6.08 Å². The van der Waals surface area contributed by atoms with Gasteiger partial charge >= 0.3 is 5.97 Å². The normalized spacial score (nSPS) is 12.8. The van der Waals surface area contributed by atoms with Crippen molar-refractivity contribution in [2.75, 3.05) is 19.0 Å². The molecule has 0 saturated heterocycles. The van der Waals surface area contributed by atoms with E-state index in [9.17, 15) is 14.9 Å². The van der Waals surface area contributed by atoms with Crippen LogP contribution in [0.15, 0.2) is 29.8 Å². The molecule has 1 aliphatic rings. The summed E-state index contributed by atoms with van der Waals surface area (Å²) < 4.78 is 10.6. The Bertz CT molecular complexity index is 1000. The smallest absolute Gasteiger partial charge is 0.341 e.